The van der Waals surface area contributed by atoms with E-state index in [1.54, 1.807) is 0 Å². The van der Waals surface area contributed by atoms with Gasteiger partial charge in [-0.3, -0.25) is 11.3 Å². The largest absolute Gasteiger partial charge is 0.378 e. The van der Waals surface area contributed by atoms with E-state index in [2.05, 4.69) is 12.3 Å². The Bertz CT molecular complexity index is 140. The molecule has 0 spiro atoms. The Morgan fingerprint density at radius 3 is 3.07 bits per heavy atom. The molecule has 0 radical (unpaired) electrons. The van der Waals surface area contributed by atoms with Crippen LogP contribution in [0.1, 0.15) is 32.6 Å². The molecule has 0 aliphatic carbocycles. The highest BCUT2D eigenvalue weighted by Crippen LogP contribution is 2.18. The van der Waals surface area contributed by atoms with Gasteiger partial charge in [-0.2, -0.15) is 11.8 Å². The zero-order valence-corrected chi connectivity index (χ0v) is 9.81. The Balaban J connectivity index is 2.06. The van der Waals surface area contributed by atoms with Crippen molar-refractivity contribution in [1.29, 1.82) is 0 Å². The summed E-state index contributed by atoms with van der Waals surface area (Å²) in [6.45, 7) is 3.13. The molecule has 0 aromatic heterocycles. The highest BCUT2D eigenvalue weighted by atomic mass is 32.2. The smallest absolute Gasteiger partial charge is 0.0576 e. The predicted octanol–water partition coefficient (Wildman–Crippen LogP) is 1.53. The Hall–Kier alpha value is 0.230. The minimum absolute atomic E-state index is 0.448. The van der Waals surface area contributed by atoms with Gasteiger partial charge in [0.25, 0.3) is 0 Å². The van der Waals surface area contributed by atoms with Gasteiger partial charge in [0.2, 0.25) is 0 Å². The van der Waals surface area contributed by atoms with Crippen molar-refractivity contribution in [3.63, 3.8) is 0 Å². The summed E-state index contributed by atoms with van der Waals surface area (Å²) in [4.78, 5) is 0. The molecular formula is C10H22N2OS. The van der Waals surface area contributed by atoms with Crippen molar-refractivity contribution in [2.75, 3.05) is 18.1 Å². The third kappa shape index (κ3) is 4.64. The summed E-state index contributed by atoms with van der Waals surface area (Å²) in [5, 5.41) is 0. The number of nitrogens with one attached hydrogen (secondary N) is 1. The van der Waals surface area contributed by atoms with Crippen LogP contribution in [0.25, 0.3) is 0 Å². The van der Waals surface area contributed by atoms with Gasteiger partial charge in [-0.15, -0.1) is 0 Å². The normalized spacial score (nSPS) is 24.0. The molecule has 1 saturated heterocycles. The van der Waals surface area contributed by atoms with E-state index in [4.69, 9.17) is 10.6 Å². The first-order valence-electron chi connectivity index (χ1n) is 5.52. The lowest BCUT2D eigenvalue weighted by atomic mass is 10.1. The summed E-state index contributed by atoms with van der Waals surface area (Å²) in [6.07, 6.45) is 5.25. The maximum absolute atomic E-state index is 5.58. The number of thioether (sulfide) groups is 1. The second kappa shape index (κ2) is 7.51. The van der Waals surface area contributed by atoms with Crippen molar-refractivity contribution in [2.45, 2.75) is 44.8 Å². The summed E-state index contributed by atoms with van der Waals surface area (Å²) >= 11 is 1.94. The molecule has 0 aromatic carbocycles. The van der Waals surface area contributed by atoms with Crippen LogP contribution in [-0.4, -0.2) is 30.3 Å². The third-order valence-electron chi connectivity index (χ3n) is 2.62. The van der Waals surface area contributed by atoms with Crippen LogP contribution >= 0.6 is 11.8 Å². The Kier molecular flexibility index (Phi) is 6.60. The van der Waals surface area contributed by atoms with Crippen molar-refractivity contribution in [3.8, 4) is 0 Å². The first-order valence-corrected chi connectivity index (χ1v) is 6.67. The molecule has 4 heteroatoms. The molecule has 3 nitrogen and oxygen atoms in total. The Labute approximate surface area is 91.1 Å². The summed E-state index contributed by atoms with van der Waals surface area (Å²) in [7, 11) is 0. The van der Waals surface area contributed by atoms with Crippen molar-refractivity contribution >= 4 is 11.8 Å². The molecule has 14 heavy (non-hydrogen) atoms. The number of hydrogen-bond acceptors (Lipinski definition) is 4. The number of nitrogens with two attached hydrogens (primary N) is 1. The molecule has 1 aliphatic rings. The Morgan fingerprint density at radius 1 is 1.64 bits per heavy atom. The fraction of sp³-hybridized carbons (Fsp3) is 1.00. The average molecular weight is 218 g/mol. The molecule has 1 rings (SSSR count). The van der Waals surface area contributed by atoms with Gasteiger partial charge < -0.3 is 4.74 Å². The molecule has 1 heterocycles. The molecule has 2 atom stereocenters. The molecular weight excluding hydrogens is 196 g/mol. The highest BCUT2D eigenvalue weighted by Gasteiger charge is 2.17. The van der Waals surface area contributed by atoms with Crippen molar-refractivity contribution in [1.82, 2.24) is 5.43 Å². The monoisotopic (exact) mass is 218 g/mol. The van der Waals surface area contributed by atoms with Gasteiger partial charge in [-0.1, -0.05) is 6.92 Å². The van der Waals surface area contributed by atoms with Crippen LogP contribution in [0.4, 0.5) is 0 Å². The van der Waals surface area contributed by atoms with E-state index in [0.29, 0.717) is 12.1 Å². The quantitative estimate of drug-likeness (QED) is 0.502. The molecule has 2 unspecified atom stereocenters. The number of ether oxygens (including phenoxy) is 1. The van der Waals surface area contributed by atoms with E-state index in [9.17, 15) is 0 Å². The number of rotatable bonds is 7. The first kappa shape index (κ1) is 12.3. The fourth-order valence-electron chi connectivity index (χ4n) is 1.73. The van der Waals surface area contributed by atoms with Gasteiger partial charge >= 0.3 is 0 Å². The maximum Gasteiger partial charge on any atom is 0.0576 e. The summed E-state index contributed by atoms with van der Waals surface area (Å²) in [6, 6.07) is 0.448. The van der Waals surface area contributed by atoms with E-state index >= 15 is 0 Å². The molecule has 3 N–H and O–H groups in total. The van der Waals surface area contributed by atoms with Gasteiger partial charge in [0.05, 0.1) is 6.10 Å². The number of hydrazine groups is 1. The van der Waals surface area contributed by atoms with Crippen molar-refractivity contribution in [2.24, 2.45) is 5.84 Å². The molecule has 1 aliphatic heterocycles. The van der Waals surface area contributed by atoms with Gasteiger partial charge in [0.1, 0.15) is 0 Å². The summed E-state index contributed by atoms with van der Waals surface area (Å²) < 4.78 is 5.58. The average Bonchev–Trinajstić information content (AvgIpc) is 2.71. The lowest BCUT2D eigenvalue weighted by molar-refractivity contribution is 0.100. The standard InChI is InChI=1S/C10H22N2OS/c1-2-14-8-9(12-11)5-6-10-4-3-7-13-10/h9-10,12H,2-8,11H2,1H3. The molecule has 84 valence electrons. The zero-order chi connectivity index (χ0) is 10.2. The van der Waals surface area contributed by atoms with Gasteiger partial charge in [-0.05, 0) is 31.4 Å². The van der Waals surface area contributed by atoms with Crippen LogP contribution in [0.3, 0.4) is 0 Å². The van der Waals surface area contributed by atoms with Gasteiger partial charge in [0.15, 0.2) is 0 Å². The van der Waals surface area contributed by atoms with Crippen LogP contribution in [0.5, 0.6) is 0 Å². The predicted molar refractivity (Wildman–Crippen MR) is 62.3 cm³/mol. The van der Waals surface area contributed by atoms with E-state index in [-0.39, 0.29) is 0 Å². The molecule has 0 bridgehead atoms. The van der Waals surface area contributed by atoms with E-state index in [1.807, 2.05) is 11.8 Å². The van der Waals surface area contributed by atoms with Crippen molar-refractivity contribution in [3.05, 3.63) is 0 Å². The molecule has 0 saturated carbocycles. The van der Waals surface area contributed by atoms with Gasteiger partial charge in [-0.25, -0.2) is 0 Å². The SMILES string of the molecule is CCSCC(CCC1CCCO1)NN. The van der Waals surface area contributed by atoms with Crippen LogP contribution in [0, 0.1) is 0 Å². The summed E-state index contributed by atoms with van der Waals surface area (Å²) in [5.74, 6) is 7.77. The maximum atomic E-state index is 5.58. The third-order valence-corrected chi connectivity index (χ3v) is 3.67. The minimum Gasteiger partial charge on any atom is -0.378 e. The van der Waals surface area contributed by atoms with Crippen LogP contribution in [0.15, 0.2) is 0 Å². The van der Waals surface area contributed by atoms with Crippen LogP contribution < -0.4 is 11.3 Å². The molecule has 0 aromatic rings. The molecule has 0 amide bonds. The molecule has 1 fully saturated rings. The van der Waals surface area contributed by atoms with Crippen LogP contribution in [0.2, 0.25) is 0 Å². The first-order chi connectivity index (χ1) is 6.86. The van der Waals surface area contributed by atoms with E-state index in [0.717, 1.165) is 31.0 Å². The lowest BCUT2D eigenvalue weighted by Gasteiger charge is -2.17. The van der Waals surface area contributed by atoms with Gasteiger partial charge in [0, 0.05) is 18.4 Å². The topological polar surface area (TPSA) is 47.3 Å². The summed E-state index contributed by atoms with van der Waals surface area (Å²) in [5.41, 5.74) is 2.88. The fourth-order valence-corrected chi connectivity index (χ4v) is 2.52. The van der Waals surface area contributed by atoms with Crippen LogP contribution in [-0.2, 0) is 4.74 Å². The minimum atomic E-state index is 0.448. The van der Waals surface area contributed by atoms with Crippen molar-refractivity contribution < 1.29 is 4.74 Å². The zero-order valence-electron chi connectivity index (χ0n) is 9.00. The highest BCUT2D eigenvalue weighted by molar-refractivity contribution is 7.99. The second-order valence-corrected chi connectivity index (χ2v) is 5.05. The number of hydrogen-bond donors (Lipinski definition) is 2. The van der Waals surface area contributed by atoms with E-state index < -0.39 is 0 Å². The van der Waals surface area contributed by atoms with E-state index in [1.165, 1.54) is 12.8 Å². The second-order valence-electron chi connectivity index (χ2n) is 3.74. The Morgan fingerprint density at radius 2 is 2.50 bits per heavy atom. The lowest BCUT2D eigenvalue weighted by Crippen LogP contribution is -2.37.